The highest BCUT2D eigenvalue weighted by Crippen LogP contribution is 2.13. The fourth-order valence-corrected chi connectivity index (χ4v) is 0.992. The van der Waals surface area contributed by atoms with E-state index in [1.807, 2.05) is 0 Å². The number of nitrogens with two attached hydrogens (primary N) is 1. The monoisotopic (exact) mass is 168 g/mol. The molecule has 2 rings (SSSR count). The summed E-state index contributed by atoms with van der Waals surface area (Å²) in [7, 11) is 0. The minimum Gasteiger partial charge on any atom is -0.425 e. The maximum absolute atomic E-state index is 5.52. The molecule has 0 amide bonds. The number of anilines is 1. The average Bonchev–Trinajstić information content (AvgIpc) is 2.34. The van der Waals surface area contributed by atoms with Crippen molar-refractivity contribution in [2.24, 2.45) is 0 Å². The third-order valence-electron chi connectivity index (χ3n) is 1.25. The van der Waals surface area contributed by atoms with Crippen LogP contribution in [0.5, 0.6) is 0 Å². The van der Waals surface area contributed by atoms with E-state index < -0.39 is 0 Å². The molecule has 2 aromatic rings. The Morgan fingerprint density at radius 1 is 1.64 bits per heavy atom. The SMILES string of the molecule is Nc1[nH]c(=S)nc2ocnc12. The van der Waals surface area contributed by atoms with Crippen molar-refractivity contribution in [1.82, 2.24) is 15.0 Å². The van der Waals surface area contributed by atoms with Crippen LogP contribution in [0.2, 0.25) is 0 Å². The molecule has 0 spiro atoms. The van der Waals surface area contributed by atoms with Gasteiger partial charge in [-0.2, -0.15) is 4.98 Å². The summed E-state index contributed by atoms with van der Waals surface area (Å²) in [6.07, 6.45) is 1.27. The first kappa shape index (κ1) is 6.29. The predicted molar refractivity (Wildman–Crippen MR) is 41.4 cm³/mol. The second-order valence-electron chi connectivity index (χ2n) is 1.96. The van der Waals surface area contributed by atoms with Gasteiger partial charge in [-0.05, 0) is 12.2 Å². The van der Waals surface area contributed by atoms with Crippen molar-refractivity contribution in [3.63, 3.8) is 0 Å². The van der Waals surface area contributed by atoms with E-state index in [-0.39, 0.29) is 0 Å². The molecule has 0 aliphatic carbocycles. The molecule has 0 fully saturated rings. The summed E-state index contributed by atoms with van der Waals surface area (Å²) < 4.78 is 5.19. The highest BCUT2D eigenvalue weighted by molar-refractivity contribution is 7.71. The lowest BCUT2D eigenvalue weighted by Crippen LogP contribution is -1.93. The first-order valence-corrected chi connectivity index (χ1v) is 3.27. The molecule has 2 heterocycles. The lowest BCUT2D eigenvalue weighted by Gasteiger charge is -1.90. The zero-order valence-electron chi connectivity index (χ0n) is 5.37. The van der Waals surface area contributed by atoms with E-state index in [0.29, 0.717) is 21.8 Å². The fourth-order valence-electron chi connectivity index (χ4n) is 0.799. The van der Waals surface area contributed by atoms with Crippen molar-refractivity contribution in [1.29, 1.82) is 0 Å². The van der Waals surface area contributed by atoms with Gasteiger partial charge in [0.05, 0.1) is 0 Å². The lowest BCUT2D eigenvalue weighted by molar-refractivity contribution is 0.589. The number of nitrogens with zero attached hydrogens (tertiary/aromatic N) is 2. The molecule has 56 valence electrons. The smallest absolute Gasteiger partial charge is 0.253 e. The number of hydrogen-bond acceptors (Lipinski definition) is 5. The Morgan fingerprint density at radius 2 is 2.45 bits per heavy atom. The molecule has 0 saturated carbocycles. The van der Waals surface area contributed by atoms with E-state index >= 15 is 0 Å². The van der Waals surface area contributed by atoms with Crippen molar-refractivity contribution >= 4 is 29.3 Å². The largest absolute Gasteiger partial charge is 0.425 e. The van der Waals surface area contributed by atoms with Crippen LogP contribution in [0.1, 0.15) is 0 Å². The minimum atomic E-state index is 0.298. The van der Waals surface area contributed by atoms with Crippen LogP contribution in [-0.4, -0.2) is 15.0 Å². The molecule has 3 N–H and O–H groups in total. The summed E-state index contributed by atoms with van der Waals surface area (Å²) in [5.41, 5.74) is 6.40. The third-order valence-corrected chi connectivity index (χ3v) is 1.44. The number of hydrogen-bond donors (Lipinski definition) is 2. The summed E-state index contributed by atoms with van der Waals surface area (Å²) in [5, 5.41) is 0. The van der Waals surface area contributed by atoms with Gasteiger partial charge >= 0.3 is 0 Å². The molecular weight excluding hydrogens is 164 g/mol. The molecule has 2 aromatic heterocycles. The van der Waals surface area contributed by atoms with Gasteiger partial charge in [0.2, 0.25) is 4.77 Å². The molecule has 0 aliphatic rings. The highest BCUT2D eigenvalue weighted by atomic mass is 32.1. The van der Waals surface area contributed by atoms with Crippen LogP contribution >= 0.6 is 12.2 Å². The molecule has 0 radical (unpaired) electrons. The number of oxazole rings is 1. The van der Waals surface area contributed by atoms with Crippen LogP contribution in [0.25, 0.3) is 11.2 Å². The van der Waals surface area contributed by atoms with Gasteiger partial charge in [-0.1, -0.05) is 0 Å². The van der Waals surface area contributed by atoms with E-state index in [1.165, 1.54) is 6.39 Å². The lowest BCUT2D eigenvalue weighted by atomic mass is 10.5. The Bertz CT molecular complexity index is 445. The van der Waals surface area contributed by atoms with Crippen molar-refractivity contribution in [3.8, 4) is 0 Å². The molecule has 5 nitrogen and oxygen atoms in total. The molecule has 0 bridgehead atoms. The van der Waals surface area contributed by atoms with E-state index in [0.717, 1.165) is 0 Å². The Kier molecular flexibility index (Phi) is 1.16. The van der Waals surface area contributed by atoms with Gasteiger partial charge in [0.1, 0.15) is 5.82 Å². The number of nitrogen functional groups attached to an aromatic ring is 1. The fraction of sp³-hybridized carbons (Fsp3) is 0. The topological polar surface area (TPSA) is 80.7 Å². The van der Waals surface area contributed by atoms with Crippen LogP contribution in [0.3, 0.4) is 0 Å². The molecule has 0 aliphatic heterocycles. The second kappa shape index (κ2) is 2.03. The van der Waals surface area contributed by atoms with Crippen LogP contribution < -0.4 is 5.73 Å². The maximum atomic E-state index is 5.52. The van der Waals surface area contributed by atoms with Crippen LogP contribution in [0.15, 0.2) is 10.8 Å². The van der Waals surface area contributed by atoms with Gasteiger partial charge in [-0.15, -0.1) is 0 Å². The normalized spacial score (nSPS) is 10.5. The molecule has 11 heavy (non-hydrogen) atoms. The van der Waals surface area contributed by atoms with Gasteiger partial charge in [-0.3, -0.25) is 0 Å². The Balaban J connectivity index is 3.02. The van der Waals surface area contributed by atoms with Crippen molar-refractivity contribution in [2.75, 3.05) is 5.73 Å². The molecule has 0 saturated heterocycles. The van der Waals surface area contributed by atoms with Crippen LogP contribution in [-0.2, 0) is 0 Å². The predicted octanol–water partition coefficient (Wildman–Crippen LogP) is 0.863. The van der Waals surface area contributed by atoms with E-state index in [2.05, 4.69) is 15.0 Å². The number of fused-ring (bicyclic) bond motifs is 1. The zero-order chi connectivity index (χ0) is 7.84. The maximum Gasteiger partial charge on any atom is 0.253 e. The van der Waals surface area contributed by atoms with Gasteiger partial charge in [0.15, 0.2) is 11.9 Å². The number of aromatic amines is 1. The zero-order valence-corrected chi connectivity index (χ0v) is 6.18. The van der Waals surface area contributed by atoms with E-state index in [4.69, 9.17) is 22.4 Å². The van der Waals surface area contributed by atoms with Crippen molar-refractivity contribution in [3.05, 3.63) is 11.2 Å². The first-order chi connectivity index (χ1) is 5.27. The number of H-pyrrole nitrogens is 1. The summed E-state index contributed by atoms with van der Waals surface area (Å²) in [6.45, 7) is 0. The first-order valence-electron chi connectivity index (χ1n) is 2.86. The summed E-state index contributed by atoms with van der Waals surface area (Å²) in [4.78, 5) is 10.3. The Labute approximate surface area is 66.3 Å². The minimum absolute atomic E-state index is 0.298. The van der Waals surface area contributed by atoms with Crippen molar-refractivity contribution in [2.45, 2.75) is 0 Å². The Hall–Kier alpha value is -1.43. The highest BCUT2D eigenvalue weighted by Gasteiger charge is 2.02. The summed E-state index contributed by atoms with van der Waals surface area (Å²) >= 11 is 4.76. The van der Waals surface area contributed by atoms with Gasteiger partial charge in [-0.25, -0.2) is 4.98 Å². The van der Waals surface area contributed by atoms with Gasteiger partial charge in [0.25, 0.3) is 5.71 Å². The molecule has 0 unspecified atom stereocenters. The average molecular weight is 168 g/mol. The number of rotatable bonds is 0. The number of aromatic nitrogens is 3. The van der Waals surface area contributed by atoms with E-state index in [1.54, 1.807) is 0 Å². The standard InChI is InChI=1S/C5H4N4OS/c6-3-2-4(10-1-7-2)9-5(11)8-3/h1H,(H3,6,8,9,11). The quantitative estimate of drug-likeness (QED) is 0.570. The molecule has 6 heteroatoms. The van der Waals surface area contributed by atoms with E-state index in [9.17, 15) is 0 Å². The number of nitrogens with one attached hydrogen (secondary N) is 1. The van der Waals surface area contributed by atoms with Crippen LogP contribution in [0.4, 0.5) is 5.82 Å². The summed E-state index contributed by atoms with van der Waals surface area (Å²) in [5.74, 6) is 0.383. The van der Waals surface area contributed by atoms with Crippen LogP contribution in [0, 0.1) is 4.77 Å². The Morgan fingerprint density at radius 3 is 3.27 bits per heavy atom. The summed E-state index contributed by atoms with van der Waals surface area (Å²) in [6, 6.07) is 0. The molecule has 0 atom stereocenters. The third kappa shape index (κ3) is 0.874. The van der Waals surface area contributed by atoms with Gasteiger partial charge < -0.3 is 15.1 Å². The van der Waals surface area contributed by atoms with Gasteiger partial charge in [0, 0.05) is 0 Å². The van der Waals surface area contributed by atoms with Crippen molar-refractivity contribution < 1.29 is 4.42 Å². The second-order valence-corrected chi connectivity index (χ2v) is 2.35. The molecule has 0 aromatic carbocycles. The molecular formula is C5H4N4OS.